The third-order valence-corrected chi connectivity index (χ3v) is 12.4. The molecule has 1 saturated heterocycles. The fourth-order valence-electron chi connectivity index (χ4n) is 4.21. The molecule has 2 atom stereocenters. The number of carboxylic acid groups (broad SMARTS) is 1. The van der Waals surface area contributed by atoms with Gasteiger partial charge in [0.25, 0.3) is 5.56 Å². The van der Waals surface area contributed by atoms with Crippen molar-refractivity contribution in [2.75, 3.05) is 6.54 Å². The van der Waals surface area contributed by atoms with Gasteiger partial charge in [-0.05, 0) is 58.3 Å². The molecule has 0 radical (unpaired) electrons. The highest BCUT2D eigenvalue weighted by molar-refractivity contribution is 9.10. The van der Waals surface area contributed by atoms with Gasteiger partial charge in [-0.1, -0.05) is 39.0 Å². The van der Waals surface area contributed by atoms with Crippen LogP contribution in [0.2, 0.25) is 18.1 Å². The van der Waals surface area contributed by atoms with Crippen molar-refractivity contribution < 1.29 is 18.7 Å². The van der Waals surface area contributed by atoms with E-state index in [0.717, 1.165) is 0 Å². The van der Waals surface area contributed by atoms with E-state index < -0.39 is 31.8 Å². The van der Waals surface area contributed by atoms with Gasteiger partial charge in [-0.2, -0.15) is 0 Å². The maximum absolute atomic E-state index is 14.3. The van der Waals surface area contributed by atoms with E-state index in [0.29, 0.717) is 17.6 Å². The number of fused-ring (bicyclic) bond motifs is 1. The minimum atomic E-state index is -2.17. The Morgan fingerprint density at radius 1 is 1.20 bits per heavy atom. The van der Waals surface area contributed by atoms with Crippen LogP contribution in [0.15, 0.2) is 51.7 Å². The van der Waals surface area contributed by atoms with E-state index in [4.69, 9.17) is 9.41 Å². The Bertz CT molecular complexity index is 1340. The van der Waals surface area contributed by atoms with E-state index in [9.17, 15) is 19.1 Å². The molecule has 0 bridgehead atoms. The molecule has 1 aliphatic rings. The van der Waals surface area contributed by atoms with Crippen LogP contribution in [-0.2, 0) is 4.43 Å². The zero-order chi connectivity index (χ0) is 25.7. The minimum absolute atomic E-state index is 0.0318. The van der Waals surface area contributed by atoms with Gasteiger partial charge in [-0.25, -0.2) is 14.2 Å². The van der Waals surface area contributed by atoms with E-state index in [1.165, 1.54) is 21.6 Å². The average molecular weight is 563 g/mol. The molecular weight excluding hydrogens is 533 g/mol. The van der Waals surface area contributed by atoms with Crippen molar-refractivity contribution >= 4 is 41.2 Å². The first-order valence-electron chi connectivity index (χ1n) is 11.5. The monoisotopic (exact) mass is 561 g/mol. The summed E-state index contributed by atoms with van der Waals surface area (Å²) in [5.74, 6) is -0.282. The maximum Gasteiger partial charge on any atom is 0.408 e. The van der Waals surface area contributed by atoms with Crippen LogP contribution in [0.25, 0.3) is 16.6 Å². The Balaban J connectivity index is 1.90. The Labute approximate surface area is 212 Å². The maximum atomic E-state index is 14.3. The lowest BCUT2D eigenvalue weighted by Gasteiger charge is -2.38. The quantitative estimate of drug-likeness (QED) is 0.389. The average Bonchev–Trinajstić information content (AvgIpc) is 3.19. The van der Waals surface area contributed by atoms with Crippen molar-refractivity contribution in [2.45, 2.75) is 57.5 Å². The number of benzene rings is 2. The number of likely N-dealkylation sites (tertiary alicyclic amines) is 1. The minimum Gasteiger partial charge on any atom is -0.465 e. The topological polar surface area (TPSA) is 84.7 Å². The van der Waals surface area contributed by atoms with E-state index in [-0.39, 0.29) is 33.4 Å². The number of amides is 1. The Morgan fingerprint density at radius 3 is 2.46 bits per heavy atom. The molecule has 1 N–H and O–H groups in total. The van der Waals surface area contributed by atoms with Crippen molar-refractivity contribution in [3.63, 3.8) is 0 Å². The molecule has 10 heteroatoms. The van der Waals surface area contributed by atoms with Crippen LogP contribution in [0.1, 0.15) is 39.1 Å². The third kappa shape index (κ3) is 4.66. The molecule has 3 aromatic rings. The molecular formula is C25H29BrFN3O4Si. The second-order valence-corrected chi connectivity index (χ2v) is 15.9. The van der Waals surface area contributed by atoms with Crippen LogP contribution < -0.4 is 5.56 Å². The Hall–Kier alpha value is -2.56. The summed E-state index contributed by atoms with van der Waals surface area (Å²) in [6.45, 7) is 10.8. The first-order valence-corrected chi connectivity index (χ1v) is 15.2. The first-order chi connectivity index (χ1) is 16.3. The van der Waals surface area contributed by atoms with Gasteiger partial charge in [-0.15, -0.1) is 0 Å². The molecule has 2 unspecified atom stereocenters. The molecule has 0 aliphatic carbocycles. The van der Waals surface area contributed by atoms with Gasteiger partial charge < -0.3 is 9.53 Å². The van der Waals surface area contributed by atoms with Crippen LogP contribution in [0.4, 0.5) is 9.18 Å². The molecule has 0 spiro atoms. The molecule has 4 rings (SSSR count). The number of hydrogen-bond acceptors (Lipinski definition) is 4. The van der Waals surface area contributed by atoms with E-state index in [2.05, 4.69) is 49.8 Å². The second kappa shape index (κ2) is 9.14. The normalized spacial score (nSPS) is 18.9. The van der Waals surface area contributed by atoms with Crippen molar-refractivity contribution in [1.29, 1.82) is 0 Å². The molecule has 0 saturated carbocycles. The molecule has 2 aromatic carbocycles. The van der Waals surface area contributed by atoms with Gasteiger partial charge in [0, 0.05) is 13.0 Å². The van der Waals surface area contributed by atoms with E-state index >= 15 is 0 Å². The Morgan fingerprint density at radius 2 is 1.86 bits per heavy atom. The lowest BCUT2D eigenvalue weighted by atomic mass is 10.1. The number of aromatic nitrogens is 2. The van der Waals surface area contributed by atoms with Crippen LogP contribution in [0, 0.1) is 5.82 Å². The van der Waals surface area contributed by atoms with E-state index in [1.54, 1.807) is 24.3 Å². The summed E-state index contributed by atoms with van der Waals surface area (Å²) < 4.78 is 22.3. The summed E-state index contributed by atoms with van der Waals surface area (Å²) in [7, 11) is -2.17. The summed E-state index contributed by atoms with van der Waals surface area (Å²) >= 11 is 3.19. The molecule has 35 heavy (non-hydrogen) atoms. The van der Waals surface area contributed by atoms with Crippen molar-refractivity contribution in [3.8, 4) is 5.69 Å². The van der Waals surface area contributed by atoms with Crippen molar-refractivity contribution in [3.05, 3.63) is 68.9 Å². The highest BCUT2D eigenvalue weighted by atomic mass is 79.9. The standard InChI is InChI=1S/C25H29BrFN3O4Si/c1-25(2,3)35(4,5)34-16-13-19(29(14-16)24(32)33)22-28-18-12-11-17(27)21(26)20(18)23(31)30(22)15-9-7-6-8-10-15/h6-12,16,19H,13-14H2,1-5H3,(H,32,33). The largest absolute Gasteiger partial charge is 0.465 e. The summed E-state index contributed by atoms with van der Waals surface area (Å²) in [6, 6.07) is 10.8. The predicted octanol–water partition coefficient (Wildman–Crippen LogP) is 6.10. The predicted molar refractivity (Wildman–Crippen MR) is 139 cm³/mol. The molecule has 1 aromatic heterocycles. The highest BCUT2D eigenvalue weighted by Crippen LogP contribution is 2.41. The van der Waals surface area contributed by atoms with Crippen LogP contribution >= 0.6 is 15.9 Å². The number of halogens is 2. The number of para-hydroxylation sites is 1. The first kappa shape index (κ1) is 25.5. The van der Waals surface area contributed by atoms with Gasteiger partial charge in [0.2, 0.25) is 0 Å². The SMILES string of the molecule is CC(C)(C)[Si](C)(C)OC1CC(c2nc3ccc(F)c(Br)c3c(=O)n2-c2ccccc2)N(C(=O)O)C1. The smallest absolute Gasteiger partial charge is 0.408 e. The zero-order valence-corrected chi connectivity index (χ0v) is 23.0. The van der Waals surface area contributed by atoms with Gasteiger partial charge in [0.1, 0.15) is 11.6 Å². The van der Waals surface area contributed by atoms with Crippen LogP contribution in [-0.4, -0.2) is 46.6 Å². The van der Waals surface area contributed by atoms with Crippen molar-refractivity contribution in [2.24, 2.45) is 0 Å². The second-order valence-electron chi connectivity index (χ2n) is 10.4. The lowest BCUT2D eigenvalue weighted by Crippen LogP contribution is -2.44. The summed E-state index contributed by atoms with van der Waals surface area (Å²) in [5.41, 5.74) is 0.350. The number of nitrogens with zero attached hydrogens (tertiary/aromatic N) is 3. The summed E-state index contributed by atoms with van der Waals surface area (Å²) in [4.78, 5) is 32.1. The van der Waals surface area contributed by atoms with Crippen LogP contribution in [0.3, 0.4) is 0 Å². The summed E-state index contributed by atoms with van der Waals surface area (Å²) in [6.07, 6.45) is -1.06. The van der Waals surface area contributed by atoms with Crippen LogP contribution in [0.5, 0.6) is 0 Å². The molecule has 1 fully saturated rings. The molecule has 186 valence electrons. The number of carbonyl (C=O) groups is 1. The lowest BCUT2D eigenvalue weighted by molar-refractivity contribution is 0.131. The van der Waals surface area contributed by atoms with E-state index in [1.807, 2.05) is 6.07 Å². The number of hydrogen-bond donors (Lipinski definition) is 1. The fourth-order valence-corrected chi connectivity index (χ4v) is 6.07. The molecule has 7 nitrogen and oxygen atoms in total. The zero-order valence-electron chi connectivity index (χ0n) is 20.4. The fraction of sp³-hybridized carbons (Fsp3) is 0.400. The van der Waals surface area contributed by atoms with Gasteiger partial charge >= 0.3 is 6.09 Å². The van der Waals surface area contributed by atoms with Gasteiger partial charge in [0.05, 0.1) is 33.2 Å². The third-order valence-electron chi connectivity index (χ3n) is 7.04. The highest BCUT2D eigenvalue weighted by Gasteiger charge is 2.45. The molecule has 2 heterocycles. The van der Waals surface area contributed by atoms with Gasteiger partial charge in [-0.3, -0.25) is 14.3 Å². The molecule has 1 amide bonds. The molecule has 1 aliphatic heterocycles. The number of rotatable bonds is 4. The Kier molecular flexibility index (Phi) is 6.67. The van der Waals surface area contributed by atoms with Crippen molar-refractivity contribution in [1.82, 2.24) is 14.5 Å². The summed E-state index contributed by atoms with van der Waals surface area (Å²) in [5, 5.41) is 10.1. The van der Waals surface area contributed by atoms with Gasteiger partial charge in [0.15, 0.2) is 8.32 Å².